The van der Waals surface area contributed by atoms with E-state index in [9.17, 15) is 9.18 Å². The molecule has 3 nitrogen and oxygen atoms in total. The number of hydrogen-bond acceptors (Lipinski definition) is 2. The molecule has 1 amide bonds. The van der Waals surface area contributed by atoms with E-state index in [-0.39, 0.29) is 17.8 Å². The van der Waals surface area contributed by atoms with E-state index < -0.39 is 0 Å². The molecule has 0 unspecified atom stereocenters. The van der Waals surface area contributed by atoms with Crippen LogP contribution in [0.1, 0.15) is 29.5 Å². The number of carbonyl (C=O) groups is 1. The third-order valence-electron chi connectivity index (χ3n) is 4.81. The summed E-state index contributed by atoms with van der Waals surface area (Å²) in [5, 5.41) is 3.36. The summed E-state index contributed by atoms with van der Waals surface area (Å²) in [5.41, 5.74) is 3.22. The molecule has 1 fully saturated rings. The topological polar surface area (TPSA) is 32.3 Å². The second-order valence-electron chi connectivity index (χ2n) is 6.79. The molecule has 0 aliphatic carbocycles. The first kappa shape index (κ1) is 17.6. The SMILES string of the molecule is Cc1ccc(CN(C(=O)Cc2ccc(F)cc2)C2CCNCC2)cc1. The highest BCUT2D eigenvalue weighted by Crippen LogP contribution is 2.18. The van der Waals surface area contributed by atoms with Gasteiger partial charge in [0.2, 0.25) is 5.91 Å². The van der Waals surface area contributed by atoms with Crippen molar-refractivity contribution in [1.29, 1.82) is 0 Å². The first-order valence-electron chi connectivity index (χ1n) is 8.92. The minimum atomic E-state index is -0.272. The molecule has 1 aliphatic rings. The molecule has 25 heavy (non-hydrogen) atoms. The molecule has 132 valence electrons. The predicted molar refractivity (Wildman–Crippen MR) is 97.7 cm³/mol. The van der Waals surface area contributed by atoms with Gasteiger partial charge in [-0.3, -0.25) is 4.79 Å². The Kier molecular flexibility index (Phi) is 5.82. The number of piperidine rings is 1. The van der Waals surface area contributed by atoms with Crippen LogP contribution in [-0.4, -0.2) is 29.9 Å². The van der Waals surface area contributed by atoms with Gasteiger partial charge in [-0.05, 0) is 56.1 Å². The van der Waals surface area contributed by atoms with Crippen molar-refractivity contribution >= 4 is 5.91 Å². The van der Waals surface area contributed by atoms with Crippen molar-refractivity contribution in [1.82, 2.24) is 10.2 Å². The number of nitrogens with zero attached hydrogens (tertiary/aromatic N) is 1. The third kappa shape index (κ3) is 4.89. The summed E-state index contributed by atoms with van der Waals surface area (Å²) in [6.07, 6.45) is 2.26. The summed E-state index contributed by atoms with van der Waals surface area (Å²) < 4.78 is 13.1. The van der Waals surface area contributed by atoms with Gasteiger partial charge in [0.25, 0.3) is 0 Å². The first-order chi connectivity index (χ1) is 12.1. The minimum Gasteiger partial charge on any atom is -0.335 e. The van der Waals surface area contributed by atoms with Crippen LogP contribution >= 0.6 is 0 Å². The second-order valence-corrected chi connectivity index (χ2v) is 6.79. The number of halogens is 1. The molecule has 1 aliphatic heterocycles. The summed E-state index contributed by atoms with van der Waals surface area (Å²) in [6.45, 7) is 4.58. The highest BCUT2D eigenvalue weighted by molar-refractivity contribution is 5.79. The van der Waals surface area contributed by atoms with E-state index >= 15 is 0 Å². The molecular weight excluding hydrogens is 315 g/mol. The second kappa shape index (κ2) is 8.26. The van der Waals surface area contributed by atoms with Crippen LogP contribution < -0.4 is 5.32 Å². The first-order valence-corrected chi connectivity index (χ1v) is 8.92. The van der Waals surface area contributed by atoms with Crippen molar-refractivity contribution in [2.75, 3.05) is 13.1 Å². The Morgan fingerprint density at radius 2 is 1.64 bits per heavy atom. The van der Waals surface area contributed by atoms with Crippen molar-refractivity contribution in [3.8, 4) is 0 Å². The van der Waals surface area contributed by atoms with E-state index in [4.69, 9.17) is 0 Å². The van der Waals surface area contributed by atoms with Crippen LogP contribution in [0.2, 0.25) is 0 Å². The van der Waals surface area contributed by atoms with Crippen LogP contribution in [0.15, 0.2) is 48.5 Å². The zero-order chi connectivity index (χ0) is 17.6. The van der Waals surface area contributed by atoms with Crippen molar-refractivity contribution in [3.05, 3.63) is 71.0 Å². The number of amides is 1. The summed E-state index contributed by atoms with van der Waals surface area (Å²) in [7, 11) is 0. The van der Waals surface area contributed by atoms with E-state index in [1.807, 2.05) is 4.90 Å². The number of benzene rings is 2. The van der Waals surface area contributed by atoms with Gasteiger partial charge in [0.1, 0.15) is 5.82 Å². The van der Waals surface area contributed by atoms with Crippen molar-refractivity contribution in [2.45, 2.75) is 38.8 Å². The van der Waals surface area contributed by atoms with Crippen LogP contribution in [0.3, 0.4) is 0 Å². The smallest absolute Gasteiger partial charge is 0.227 e. The lowest BCUT2D eigenvalue weighted by Gasteiger charge is -2.35. The Balaban J connectivity index is 1.75. The molecule has 2 aromatic rings. The summed E-state index contributed by atoms with van der Waals surface area (Å²) in [6, 6.07) is 14.8. The Bertz CT molecular complexity index is 691. The van der Waals surface area contributed by atoms with Gasteiger partial charge < -0.3 is 10.2 Å². The van der Waals surface area contributed by atoms with Gasteiger partial charge in [-0.25, -0.2) is 4.39 Å². The summed E-state index contributed by atoms with van der Waals surface area (Å²) in [4.78, 5) is 15.0. The molecule has 0 atom stereocenters. The normalized spacial score (nSPS) is 15.1. The molecule has 2 aromatic carbocycles. The van der Waals surface area contributed by atoms with Crippen LogP contribution in [0.5, 0.6) is 0 Å². The Morgan fingerprint density at radius 1 is 1.04 bits per heavy atom. The molecule has 3 rings (SSSR count). The van der Waals surface area contributed by atoms with E-state index in [0.29, 0.717) is 13.0 Å². The maximum Gasteiger partial charge on any atom is 0.227 e. The number of nitrogens with one attached hydrogen (secondary N) is 1. The van der Waals surface area contributed by atoms with E-state index in [2.05, 4.69) is 36.5 Å². The van der Waals surface area contributed by atoms with Crippen LogP contribution in [0, 0.1) is 12.7 Å². The zero-order valence-corrected chi connectivity index (χ0v) is 14.7. The molecule has 0 radical (unpaired) electrons. The molecule has 1 N–H and O–H groups in total. The Labute approximate surface area is 148 Å². The lowest BCUT2D eigenvalue weighted by Crippen LogP contribution is -2.46. The molecule has 0 spiro atoms. The van der Waals surface area contributed by atoms with Crippen molar-refractivity contribution in [2.24, 2.45) is 0 Å². The van der Waals surface area contributed by atoms with E-state index in [1.54, 1.807) is 12.1 Å². The summed E-state index contributed by atoms with van der Waals surface area (Å²) >= 11 is 0. The van der Waals surface area contributed by atoms with Gasteiger partial charge in [-0.2, -0.15) is 0 Å². The molecule has 1 heterocycles. The number of hydrogen-bond donors (Lipinski definition) is 1. The average Bonchev–Trinajstić information content (AvgIpc) is 2.64. The van der Waals surface area contributed by atoms with Crippen LogP contribution in [-0.2, 0) is 17.8 Å². The number of carbonyl (C=O) groups excluding carboxylic acids is 1. The van der Waals surface area contributed by atoms with Gasteiger partial charge >= 0.3 is 0 Å². The lowest BCUT2D eigenvalue weighted by atomic mass is 10.0. The molecule has 0 saturated carbocycles. The molecule has 4 heteroatoms. The minimum absolute atomic E-state index is 0.110. The maximum atomic E-state index is 13.1. The highest BCUT2D eigenvalue weighted by Gasteiger charge is 2.25. The lowest BCUT2D eigenvalue weighted by molar-refractivity contribution is -0.134. The number of aryl methyl sites for hydroxylation is 1. The van der Waals surface area contributed by atoms with Gasteiger partial charge in [-0.15, -0.1) is 0 Å². The largest absolute Gasteiger partial charge is 0.335 e. The molecular formula is C21H25FN2O. The molecule has 0 aromatic heterocycles. The van der Waals surface area contributed by atoms with Crippen molar-refractivity contribution < 1.29 is 9.18 Å². The van der Waals surface area contributed by atoms with Gasteiger partial charge in [0, 0.05) is 12.6 Å². The zero-order valence-electron chi connectivity index (χ0n) is 14.7. The molecule has 0 bridgehead atoms. The van der Waals surface area contributed by atoms with Gasteiger partial charge in [0.05, 0.1) is 6.42 Å². The fraction of sp³-hybridized carbons (Fsp3) is 0.381. The van der Waals surface area contributed by atoms with Crippen LogP contribution in [0.25, 0.3) is 0 Å². The van der Waals surface area contributed by atoms with E-state index in [0.717, 1.165) is 37.1 Å². The Hall–Kier alpha value is -2.20. The van der Waals surface area contributed by atoms with Crippen molar-refractivity contribution in [3.63, 3.8) is 0 Å². The fourth-order valence-electron chi connectivity index (χ4n) is 3.31. The predicted octanol–water partition coefficient (Wildman–Crippen LogP) is 3.46. The Morgan fingerprint density at radius 3 is 2.28 bits per heavy atom. The van der Waals surface area contributed by atoms with Gasteiger partial charge in [0.15, 0.2) is 0 Å². The quantitative estimate of drug-likeness (QED) is 0.904. The van der Waals surface area contributed by atoms with Crippen LogP contribution in [0.4, 0.5) is 4.39 Å². The van der Waals surface area contributed by atoms with E-state index in [1.165, 1.54) is 17.7 Å². The fourth-order valence-corrected chi connectivity index (χ4v) is 3.31. The summed E-state index contributed by atoms with van der Waals surface area (Å²) in [5.74, 6) is -0.162. The van der Waals surface area contributed by atoms with Gasteiger partial charge in [-0.1, -0.05) is 42.0 Å². The monoisotopic (exact) mass is 340 g/mol. The standard InChI is InChI=1S/C21H25FN2O/c1-16-2-4-18(5-3-16)15-24(20-10-12-23-13-11-20)21(25)14-17-6-8-19(22)9-7-17/h2-9,20,23H,10-15H2,1H3. The maximum absolute atomic E-state index is 13.1. The molecule has 1 saturated heterocycles. The third-order valence-corrected chi connectivity index (χ3v) is 4.81. The highest BCUT2D eigenvalue weighted by atomic mass is 19.1. The average molecular weight is 340 g/mol. The number of rotatable bonds is 5.